The van der Waals surface area contributed by atoms with Crippen LogP contribution in [-0.2, 0) is 14.3 Å². The molecule has 0 aliphatic carbocycles. The van der Waals surface area contributed by atoms with Crippen LogP contribution >= 0.6 is 0 Å². The third-order valence-electron chi connectivity index (χ3n) is 3.68. The summed E-state index contributed by atoms with van der Waals surface area (Å²) in [6.07, 6.45) is -0.823. The molecule has 1 atom stereocenters. The molecule has 1 aromatic rings. The largest absolute Gasteiger partial charge is 0.452 e. The van der Waals surface area contributed by atoms with Crippen LogP contribution in [0.3, 0.4) is 0 Å². The molecule has 0 aromatic heterocycles. The minimum atomic E-state index is -1.32. The Morgan fingerprint density at radius 2 is 1.72 bits per heavy atom. The van der Waals surface area contributed by atoms with Gasteiger partial charge in [-0.3, -0.25) is 9.59 Å². The Morgan fingerprint density at radius 1 is 1.17 bits per heavy atom. The lowest BCUT2D eigenvalue weighted by molar-refractivity contribution is -0.144. The van der Waals surface area contributed by atoms with Crippen LogP contribution in [0.25, 0.3) is 0 Å². The predicted molar refractivity (Wildman–Crippen MR) is 64.1 cm³/mol. The monoisotopic (exact) mass is 246 g/mol. The van der Waals surface area contributed by atoms with E-state index >= 15 is 0 Å². The van der Waals surface area contributed by atoms with Crippen molar-refractivity contribution in [1.29, 1.82) is 0 Å². The molecule has 1 heterocycles. The van der Waals surface area contributed by atoms with Gasteiger partial charge in [-0.25, -0.2) is 4.79 Å². The number of benzene rings is 1. The molecule has 0 amide bonds. The normalized spacial score (nSPS) is 18.2. The molecule has 0 N–H and O–H groups in total. The number of hydrogen-bond acceptors (Lipinski definition) is 4. The first-order valence-corrected chi connectivity index (χ1v) is 5.71. The molecule has 18 heavy (non-hydrogen) atoms. The van der Waals surface area contributed by atoms with Gasteiger partial charge in [0.1, 0.15) is 23.1 Å². The summed E-state index contributed by atoms with van der Waals surface area (Å²) in [4.78, 5) is 35.3. The van der Waals surface area contributed by atoms with Crippen molar-refractivity contribution in [1.82, 2.24) is 0 Å². The average Bonchev–Trinajstić information content (AvgIpc) is 2.66. The molecular weight excluding hydrogens is 232 g/mol. The van der Waals surface area contributed by atoms with Crippen molar-refractivity contribution in [2.75, 3.05) is 0 Å². The van der Waals surface area contributed by atoms with E-state index in [1.807, 2.05) is 0 Å². The lowest BCUT2D eigenvalue weighted by Gasteiger charge is -2.29. The Hall–Kier alpha value is -1.97. The number of carbonyl (C=O) groups is 3. The summed E-state index contributed by atoms with van der Waals surface area (Å²) in [5, 5.41) is 0. The van der Waals surface area contributed by atoms with Gasteiger partial charge in [0.2, 0.25) is 0 Å². The van der Waals surface area contributed by atoms with Gasteiger partial charge < -0.3 is 4.74 Å². The highest BCUT2D eigenvalue weighted by atomic mass is 16.6. The molecule has 0 radical (unpaired) electrons. The second kappa shape index (κ2) is 4.05. The highest BCUT2D eigenvalue weighted by Crippen LogP contribution is 2.44. The Balaban J connectivity index is 2.57. The van der Waals surface area contributed by atoms with E-state index in [1.54, 1.807) is 24.3 Å². The van der Waals surface area contributed by atoms with E-state index in [4.69, 9.17) is 4.74 Å². The second-order valence-corrected chi connectivity index (χ2v) is 4.69. The quantitative estimate of drug-likeness (QED) is 0.605. The van der Waals surface area contributed by atoms with Gasteiger partial charge in [-0.1, -0.05) is 18.2 Å². The van der Waals surface area contributed by atoms with Gasteiger partial charge in [-0.2, -0.15) is 0 Å². The molecule has 0 bridgehead atoms. The molecule has 94 valence electrons. The Bertz CT molecular complexity index is 530. The van der Waals surface area contributed by atoms with Gasteiger partial charge in [-0.15, -0.1) is 0 Å². The maximum atomic E-state index is 11.8. The van der Waals surface area contributed by atoms with Crippen LogP contribution in [0, 0.1) is 5.41 Å². The Kier molecular flexibility index (Phi) is 2.81. The number of ether oxygens (including phenoxy) is 1. The first-order chi connectivity index (χ1) is 8.39. The lowest BCUT2D eigenvalue weighted by Crippen LogP contribution is -2.39. The van der Waals surface area contributed by atoms with Gasteiger partial charge in [0.05, 0.1) is 5.56 Å². The van der Waals surface area contributed by atoms with Gasteiger partial charge in [0.25, 0.3) is 0 Å². The summed E-state index contributed by atoms with van der Waals surface area (Å²) < 4.78 is 5.24. The zero-order valence-corrected chi connectivity index (χ0v) is 10.5. The zero-order chi connectivity index (χ0) is 13.5. The van der Waals surface area contributed by atoms with Crippen molar-refractivity contribution >= 4 is 17.5 Å². The van der Waals surface area contributed by atoms with E-state index < -0.39 is 17.5 Å². The van der Waals surface area contributed by atoms with Crippen molar-refractivity contribution in [3.63, 3.8) is 0 Å². The SMILES string of the molecule is CC(=O)C(C)(C(C)=O)C1OC(=O)c2ccccc21. The molecule has 0 saturated carbocycles. The fraction of sp³-hybridized carbons (Fsp3) is 0.357. The van der Waals surface area contributed by atoms with Gasteiger partial charge in [-0.05, 0) is 26.8 Å². The lowest BCUT2D eigenvalue weighted by atomic mass is 9.74. The highest BCUT2D eigenvalue weighted by Gasteiger charge is 2.50. The fourth-order valence-corrected chi connectivity index (χ4v) is 2.19. The van der Waals surface area contributed by atoms with Crippen LogP contribution in [0.1, 0.15) is 42.8 Å². The molecule has 0 saturated heterocycles. The van der Waals surface area contributed by atoms with Crippen LogP contribution in [0.2, 0.25) is 0 Å². The summed E-state index contributed by atoms with van der Waals surface area (Å²) in [6, 6.07) is 6.84. The number of fused-ring (bicyclic) bond motifs is 1. The molecule has 1 aliphatic heterocycles. The van der Waals surface area contributed by atoms with Crippen molar-refractivity contribution in [2.45, 2.75) is 26.9 Å². The second-order valence-electron chi connectivity index (χ2n) is 4.69. The molecule has 1 unspecified atom stereocenters. The van der Waals surface area contributed by atoms with Crippen molar-refractivity contribution < 1.29 is 19.1 Å². The standard InChI is InChI=1S/C14H14O4/c1-8(15)14(3,9(2)16)12-10-6-4-5-7-11(10)13(17)18-12/h4-7,12H,1-3H3. The highest BCUT2D eigenvalue weighted by molar-refractivity contribution is 6.07. The van der Waals surface area contributed by atoms with Crippen LogP contribution in [0.15, 0.2) is 24.3 Å². The molecule has 0 fully saturated rings. The van der Waals surface area contributed by atoms with Gasteiger partial charge in [0.15, 0.2) is 0 Å². The summed E-state index contributed by atoms with van der Waals surface area (Å²) >= 11 is 0. The fourth-order valence-electron chi connectivity index (χ4n) is 2.19. The van der Waals surface area contributed by atoms with E-state index in [1.165, 1.54) is 20.8 Å². The van der Waals surface area contributed by atoms with E-state index in [9.17, 15) is 14.4 Å². The Morgan fingerprint density at radius 3 is 2.28 bits per heavy atom. The van der Waals surface area contributed by atoms with Gasteiger partial charge in [0, 0.05) is 5.56 Å². The minimum absolute atomic E-state index is 0.301. The van der Waals surface area contributed by atoms with Crippen molar-refractivity contribution in [2.24, 2.45) is 5.41 Å². The molecule has 1 aliphatic rings. The summed E-state index contributed by atoms with van der Waals surface area (Å²) in [5.74, 6) is -1.08. The summed E-state index contributed by atoms with van der Waals surface area (Å²) in [5.41, 5.74) is -0.283. The topological polar surface area (TPSA) is 60.4 Å². The van der Waals surface area contributed by atoms with E-state index in [-0.39, 0.29) is 11.6 Å². The number of cyclic esters (lactones) is 1. The number of rotatable bonds is 3. The maximum absolute atomic E-state index is 11.8. The third kappa shape index (κ3) is 1.56. The number of carbonyl (C=O) groups excluding carboxylic acids is 3. The number of hydrogen-bond donors (Lipinski definition) is 0. The van der Waals surface area contributed by atoms with Crippen molar-refractivity contribution in [3.8, 4) is 0 Å². The summed E-state index contributed by atoms with van der Waals surface area (Å²) in [6.45, 7) is 4.21. The first kappa shape index (κ1) is 12.5. The molecular formula is C14H14O4. The average molecular weight is 246 g/mol. The van der Waals surface area contributed by atoms with Crippen LogP contribution < -0.4 is 0 Å². The zero-order valence-electron chi connectivity index (χ0n) is 10.5. The van der Waals surface area contributed by atoms with Crippen LogP contribution in [0.5, 0.6) is 0 Å². The van der Waals surface area contributed by atoms with E-state index in [0.29, 0.717) is 11.1 Å². The molecule has 4 nitrogen and oxygen atoms in total. The molecule has 1 aromatic carbocycles. The number of ketones is 2. The number of esters is 1. The molecule has 2 rings (SSSR count). The minimum Gasteiger partial charge on any atom is -0.452 e. The van der Waals surface area contributed by atoms with E-state index in [2.05, 4.69) is 0 Å². The number of Topliss-reactive ketones (excluding diaryl/α,β-unsaturated/α-hetero) is 2. The molecule has 4 heteroatoms. The van der Waals surface area contributed by atoms with Crippen LogP contribution in [0.4, 0.5) is 0 Å². The smallest absolute Gasteiger partial charge is 0.339 e. The third-order valence-corrected chi connectivity index (χ3v) is 3.68. The summed E-state index contributed by atoms with van der Waals surface area (Å²) in [7, 11) is 0. The van der Waals surface area contributed by atoms with E-state index in [0.717, 1.165) is 0 Å². The van der Waals surface area contributed by atoms with Crippen LogP contribution in [-0.4, -0.2) is 17.5 Å². The van der Waals surface area contributed by atoms with Crippen molar-refractivity contribution in [3.05, 3.63) is 35.4 Å². The Labute approximate surface area is 105 Å². The molecule has 0 spiro atoms. The first-order valence-electron chi connectivity index (χ1n) is 5.71. The maximum Gasteiger partial charge on any atom is 0.339 e. The predicted octanol–water partition coefficient (Wildman–Crippen LogP) is 2.08. The van der Waals surface area contributed by atoms with Gasteiger partial charge >= 0.3 is 5.97 Å².